The maximum atomic E-state index is 13.1. The Morgan fingerprint density at radius 3 is 2.55 bits per heavy atom. The Balaban J connectivity index is 1.32. The number of carbonyl (C=O) groups excluding carboxylic acids is 3. The summed E-state index contributed by atoms with van der Waals surface area (Å²) in [6, 6.07) is 7.99. The number of nitrogens with one attached hydrogen (secondary N) is 1. The van der Waals surface area contributed by atoms with Gasteiger partial charge in [-0.2, -0.15) is 10.2 Å². The number of aryl methyl sites for hydroxylation is 1. The number of carbonyl (C=O) groups is 3. The van der Waals surface area contributed by atoms with Crippen molar-refractivity contribution in [1.29, 1.82) is 0 Å². The van der Waals surface area contributed by atoms with E-state index in [0.717, 1.165) is 0 Å². The van der Waals surface area contributed by atoms with Gasteiger partial charge < -0.3 is 24.6 Å². The number of rotatable bonds is 8. The van der Waals surface area contributed by atoms with Crippen molar-refractivity contribution in [3.05, 3.63) is 59.1 Å². The van der Waals surface area contributed by atoms with Gasteiger partial charge in [-0.25, -0.2) is 9.48 Å². The van der Waals surface area contributed by atoms with Crippen LogP contribution in [0.2, 0.25) is 5.02 Å². The molecule has 0 radical (unpaired) electrons. The predicted octanol–water partition coefficient (Wildman–Crippen LogP) is 3.19. The van der Waals surface area contributed by atoms with E-state index in [2.05, 4.69) is 15.5 Å². The van der Waals surface area contributed by atoms with Gasteiger partial charge >= 0.3 is 6.09 Å². The SMILES string of the molecule is CCOC(=O)N1CCN(C(=O)C(C)n2cc(NC(=O)c3ccn(COc4cccc(Cl)c4)n3)c(C)n2)CC1. The molecule has 13 heteroatoms. The highest BCUT2D eigenvalue weighted by Crippen LogP contribution is 2.20. The molecule has 38 heavy (non-hydrogen) atoms. The molecule has 4 rings (SSSR count). The first-order valence-corrected chi connectivity index (χ1v) is 12.6. The van der Waals surface area contributed by atoms with Gasteiger partial charge in [0.25, 0.3) is 5.91 Å². The highest BCUT2D eigenvalue weighted by Gasteiger charge is 2.29. The van der Waals surface area contributed by atoms with Gasteiger partial charge in [0.15, 0.2) is 12.4 Å². The number of piperazine rings is 1. The van der Waals surface area contributed by atoms with E-state index in [0.29, 0.717) is 54.9 Å². The Bertz CT molecular complexity index is 1300. The van der Waals surface area contributed by atoms with Gasteiger partial charge in [0.1, 0.15) is 11.8 Å². The number of amides is 3. The molecule has 1 fully saturated rings. The molecule has 12 nitrogen and oxygen atoms in total. The molecule has 1 aliphatic heterocycles. The summed E-state index contributed by atoms with van der Waals surface area (Å²) in [6.07, 6.45) is 2.90. The molecule has 1 atom stereocenters. The molecule has 1 saturated heterocycles. The lowest BCUT2D eigenvalue weighted by Crippen LogP contribution is -2.52. The van der Waals surface area contributed by atoms with Crippen molar-refractivity contribution in [2.45, 2.75) is 33.5 Å². The van der Waals surface area contributed by atoms with Crippen LogP contribution in [0.5, 0.6) is 5.75 Å². The minimum atomic E-state index is -0.587. The summed E-state index contributed by atoms with van der Waals surface area (Å²) in [5.74, 6) is 0.0575. The van der Waals surface area contributed by atoms with E-state index in [1.165, 1.54) is 9.36 Å². The second-order valence-electron chi connectivity index (χ2n) is 8.72. The van der Waals surface area contributed by atoms with E-state index < -0.39 is 11.9 Å². The lowest BCUT2D eigenvalue weighted by Gasteiger charge is -2.35. The molecular formula is C25H30ClN7O5. The first-order chi connectivity index (χ1) is 18.2. The number of hydrogen-bond acceptors (Lipinski definition) is 7. The van der Waals surface area contributed by atoms with E-state index in [4.69, 9.17) is 21.1 Å². The largest absolute Gasteiger partial charge is 0.471 e. The Kier molecular flexibility index (Phi) is 8.52. The molecule has 3 aromatic rings. The number of aromatic nitrogens is 4. The standard InChI is InChI=1S/C25H30ClN7O5/c1-4-37-25(36)31-12-10-30(11-13-31)24(35)18(3)33-15-22(17(2)28-33)27-23(34)21-8-9-32(29-21)16-38-20-7-5-6-19(26)14-20/h5-9,14-15,18H,4,10-13,16H2,1-3H3,(H,27,34). The van der Waals surface area contributed by atoms with Crippen molar-refractivity contribution in [1.82, 2.24) is 29.4 Å². The van der Waals surface area contributed by atoms with Gasteiger partial charge in [0, 0.05) is 43.6 Å². The second-order valence-corrected chi connectivity index (χ2v) is 9.16. The van der Waals surface area contributed by atoms with Gasteiger partial charge in [0.2, 0.25) is 5.91 Å². The van der Waals surface area contributed by atoms with E-state index in [1.54, 1.807) is 73.3 Å². The highest BCUT2D eigenvalue weighted by atomic mass is 35.5. The molecule has 3 heterocycles. The summed E-state index contributed by atoms with van der Waals surface area (Å²) in [5.41, 5.74) is 1.25. The smallest absolute Gasteiger partial charge is 0.409 e. The van der Waals surface area contributed by atoms with Crippen LogP contribution in [0, 0.1) is 6.92 Å². The summed E-state index contributed by atoms with van der Waals surface area (Å²) in [7, 11) is 0. The maximum Gasteiger partial charge on any atom is 0.409 e. The van der Waals surface area contributed by atoms with Gasteiger partial charge in [0.05, 0.1) is 18.0 Å². The lowest BCUT2D eigenvalue weighted by molar-refractivity contribution is -0.136. The van der Waals surface area contributed by atoms with E-state index in [1.807, 2.05) is 0 Å². The third kappa shape index (κ3) is 6.43. The van der Waals surface area contributed by atoms with Crippen LogP contribution >= 0.6 is 11.6 Å². The van der Waals surface area contributed by atoms with Crippen molar-refractivity contribution in [2.75, 3.05) is 38.1 Å². The van der Waals surface area contributed by atoms with Crippen LogP contribution in [0.1, 0.15) is 36.1 Å². The summed E-state index contributed by atoms with van der Waals surface area (Å²) in [6.45, 7) is 7.32. The number of benzene rings is 1. The van der Waals surface area contributed by atoms with Crippen LogP contribution in [0.25, 0.3) is 0 Å². The topological polar surface area (TPSA) is 124 Å². The number of ether oxygens (including phenoxy) is 2. The molecule has 202 valence electrons. The third-order valence-corrected chi connectivity index (χ3v) is 6.30. The Morgan fingerprint density at radius 1 is 1.11 bits per heavy atom. The lowest BCUT2D eigenvalue weighted by atomic mass is 10.2. The monoisotopic (exact) mass is 543 g/mol. The van der Waals surface area contributed by atoms with Crippen molar-refractivity contribution in [3.8, 4) is 5.75 Å². The van der Waals surface area contributed by atoms with Crippen molar-refractivity contribution >= 4 is 35.2 Å². The van der Waals surface area contributed by atoms with Crippen LogP contribution in [0.4, 0.5) is 10.5 Å². The average molecular weight is 544 g/mol. The fraction of sp³-hybridized carbons (Fsp3) is 0.400. The zero-order valence-corrected chi connectivity index (χ0v) is 22.2. The molecule has 1 aromatic carbocycles. The summed E-state index contributed by atoms with van der Waals surface area (Å²) in [4.78, 5) is 41.0. The Labute approximate surface area is 225 Å². The molecule has 3 amide bonds. The Hall–Kier alpha value is -4.06. The molecule has 0 bridgehead atoms. The highest BCUT2D eigenvalue weighted by molar-refractivity contribution is 6.30. The van der Waals surface area contributed by atoms with E-state index >= 15 is 0 Å². The van der Waals surface area contributed by atoms with Crippen LogP contribution < -0.4 is 10.1 Å². The third-order valence-electron chi connectivity index (χ3n) is 6.07. The molecular weight excluding hydrogens is 514 g/mol. The van der Waals surface area contributed by atoms with Crippen molar-refractivity contribution in [3.63, 3.8) is 0 Å². The fourth-order valence-corrected chi connectivity index (χ4v) is 4.12. The van der Waals surface area contributed by atoms with E-state index in [-0.39, 0.29) is 24.4 Å². The average Bonchev–Trinajstić information content (AvgIpc) is 3.54. The Morgan fingerprint density at radius 2 is 1.84 bits per heavy atom. The predicted molar refractivity (Wildman–Crippen MR) is 139 cm³/mol. The first kappa shape index (κ1) is 27.0. The maximum absolute atomic E-state index is 13.1. The van der Waals surface area contributed by atoms with Gasteiger partial charge in [-0.15, -0.1) is 0 Å². The first-order valence-electron chi connectivity index (χ1n) is 12.2. The van der Waals surface area contributed by atoms with Crippen LogP contribution in [-0.4, -0.2) is 80.1 Å². The summed E-state index contributed by atoms with van der Waals surface area (Å²) in [5, 5.41) is 12.1. The molecule has 0 spiro atoms. The van der Waals surface area contributed by atoms with Crippen LogP contribution in [0.3, 0.4) is 0 Å². The molecule has 1 aliphatic rings. The van der Waals surface area contributed by atoms with Crippen molar-refractivity contribution in [2.24, 2.45) is 0 Å². The zero-order valence-electron chi connectivity index (χ0n) is 21.5. The van der Waals surface area contributed by atoms with Crippen LogP contribution in [0.15, 0.2) is 42.7 Å². The molecule has 0 aliphatic carbocycles. The number of halogens is 1. The second kappa shape index (κ2) is 12.0. The molecule has 1 N–H and O–H groups in total. The normalized spacial score (nSPS) is 14.2. The molecule has 1 unspecified atom stereocenters. The van der Waals surface area contributed by atoms with Crippen molar-refractivity contribution < 1.29 is 23.9 Å². The molecule has 0 saturated carbocycles. The number of hydrogen-bond donors (Lipinski definition) is 1. The number of anilines is 1. The van der Waals surface area contributed by atoms with Gasteiger partial charge in [-0.05, 0) is 45.0 Å². The summed E-state index contributed by atoms with van der Waals surface area (Å²) < 4.78 is 13.7. The van der Waals surface area contributed by atoms with Gasteiger partial charge in [-0.1, -0.05) is 17.7 Å². The van der Waals surface area contributed by atoms with Crippen LogP contribution in [-0.2, 0) is 16.3 Å². The quantitative estimate of drug-likeness (QED) is 0.462. The zero-order chi connectivity index (χ0) is 27.2. The minimum Gasteiger partial charge on any atom is -0.471 e. The minimum absolute atomic E-state index is 0.109. The fourth-order valence-electron chi connectivity index (χ4n) is 3.94. The summed E-state index contributed by atoms with van der Waals surface area (Å²) >= 11 is 5.96. The number of nitrogens with zero attached hydrogens (tertiary/aromatic N) is 6. The molecule has 2 aromatic heterocycles. The van der Waals surface area contributed by atoms with Gasteiger partial charge in [-0.3, -0.25) is 14.3 Å². The van der Waals surface area contributed by atoms with E-state index in [9.17, 15) is 14.4 Å².